The minimum Gasteiger partial charge on any atom is -0.465 e. The first-order valence-corrected chi connectivity index (χ1v) is 5.91. The number of rotatable bonds is 4. The maximum Gasteiger partial charge on any atom is 0.327 e. The summed E-state index contributed by atoms with van der Waals surface area (Å²) in [5.41, 5.74) is 0.693. The average Bonchev–Trinajstić information content (AvgIpc) is 2.46. The van der Waals surface area contributed by atoms with Gasteiger partial charge in [0.15, 0.2) is 0 Å². The molecule has 0 aliphatic rings. The first-order chi connectivity index (χ1) is 7.95. The molecule has 0 radical (unpaired) electrons. The van der Waals surface area contributed by atoms with Crippen molar-refractivity contribution < 1.29 is 14.3 Å². The van der Waals surface area contributed by atoms with Crippen LogP contribution in [0.2, 0.25) is 0 Å². The number of halogens is 1. The molecule has 0 unspecified atom stereocenters. The topological polar surface area (TPSA) is 73.2 Å². The SMILES string of the molecule is CCOC(=O)Cn1nc(C)c(Br)c1NC(C)=O. The smallest absolute Gasteiger partial charge is 0.327 e. The van der Waals surface area contributed by atoms with Gasteiger partial charge in [-0.25, -0.2) is 4.68 Å². The summed E-state index contributed by atoms with van der Waals surface area (Å²) in [6.45, 7) is 5.18. The number of carbonyl (C=O) groups excluding carboxylic acids is 2. The zero-order valence-corrected chi connectivity index (χ0v) is 11.5. The van der Waals surface area contributed by atoms with Gasteiger partial charge in [0, 0.05) is 6.92 Å². The van der Waals surface area contributed by atoms with Gasteiger partial charge in [0.1, 0.15) is 12.4 Å². The highest BCUT2D eigenvalue weighted by Gasteiger charge is 2.16. The van der Waals surface area contributed by atoms with E-state index in [2.05, 4.69) is 26.3 Å². The first-order valence-electron chi connectivity index (χ1n) is 5.11. The van der Waals surface area contributed by atoms with Crippen LogP contribution in [0, 0.1) is 6.92 Å². The van der Waals surface area contributed by atoms with Crippen LogP contribution in [0.25, 0.3) is 0 Å². The number of anilines is 1. The van der Waals surface area contributed by atoms with Crippen LogP contribution in [-0.4, -0.2) is 28.3 Å². The minimum atomic E-state index is -0.394. The number of hydrogen-bond acceptors (Lipinski definition) is 4. The molecular weight excluding hydrogens is 290 g/mol. The summed E-state index contributed by atoms with van der Waals surface area (Å²) < 4.78 is 6.89. The number of nitrogens with one attached hydrogen (secondary N) is 1. The second kappa shape index (κ2) is 5.81. The number of amides is 1. The van der Waals surface area contributed by atoms with Crippen molar-refractivity contribution in [1.82, 2.24) is 9.78 Å². The second-order valence-electron chi connectivity index (χ2n) is 3.39. The number of aryl methyl sites for hydroxylation is 1. The molecule has 0 aromatic carbocycles. The Labute approximate surface area is 107 Å². The van der Waals surface area contributed by atoms with Gasteiger partial charge in [-0.15, -0.1) is 0 Å². The zero-order chi connectivity index (χ0) is 13.0. The van der Waals surface area contributed by atoms with Crippen molar-refractivity contribution in [2.24, 2.45) is 0 Å². The van der Waals surface area contributed by atoms with E-state index in [1.807, 2.05) is 0 Å². The highest BCUT2D eigenvalue weighted by atomic mass is 79.9. The van der Waals surface area contributed by atoms with Gasteiger partial charge in [0.05, 0.1) is 16.8 Å². The normalized spacial score (nSPS) is 10.1. The van der Waals surface area contributed by atoms with E-state index in [0.29, 0.717) is 22.6 Å². The van der Waals surface area contributed by atoms with Crippen molar-refractivity contribution in [2.75, 3.05) is 11.9 Å². The molecular formula is C10H14BrN3O3. The quantitative estimate of drug-likeness (QED) is 0.855. The van der Waals surface area contributed by atoms with Gasteiger partial charge in [-0.05, 0) is 29.8 Å². The Balaban J connectivity index is 2.94. The summed E-state index contributed by atoms with van der Waals surface area (Å²) in [5.74, 6) is -0.159. The molecule has 0 saturated heterocycles. The molecule has 0 saturated carbocycles. The average molecular weight is 304 g/mol. The van der Waals surface area contributed by atoms with Crippen LogP contribution in [-0.2, 0) is 20.9 Å². The molecule has 7 heteroatoms. The van der Waals surface area contributed by atoms with E-state index in [4.69, 9.17) is 4.74 Å². The number of aromatic nitrogens is 2. The fraction of sp³-hybridized carbons (Fsp3) is 0.500. The third-order valence-corrected chi connectivity index (χ3v) is 2.88. The predicted molar refractivity (Wildman–Crippen MR) is 65.6 cm³/mol. The van der Waals surface area contributed by atoms with Crippen LogP contribution in [0.4, 0.5) is 5.82 Å². The molecule has 1 heterocycles. The fourth-order valence-corrected chi connectivity index (χ4v) is 1.67. The van der Waals surface area contributed by atoms with Crippen molar-refractivity contribution in [2.45, 2.75) is 27.3 Å². The summed E-state index contributed by atoms with van der Waals surface area (Å²) in [6.07, 6.45) is 0. The van der Waals surface area contributed by atoms with Crippen LogP contribution < -0.4 is 5.32 Å². The summed E-state index contributed by atoms with van der Waals surface area (Å²) in [7, 11) is 0. The number of ether oxygens (including phenoxy) is 1. The standard InChI is InChI=1S/C10H14BrN3O3/c1-4-17-8(16)5-14-10(12-7(3)15)9(11)6(2)13-14/h4-5H2,1-3H3,(H,12,15). The van der Waals surface area contributed by atoms with E-state index < -0.39 is 5.97 Å². The molecule has 1 aromatic heterocycles. The van der Waals surface area contributed by atoms with E-state index in [0.717, 1.165) is 0 Å². The Hall–Kier alpha value is -1.37. The summed E-state index contributed by atoms with van der Waals surface area (Å²) >= 11 is 3.31. The molecule has 0 aliphatic heterocycles. The Kier molecular flexibility index (Phi) is 4.68. The molecule has 94 valence electrons. The highest BCUT2D eigenvalue weighted by Crippen LogP contribution is 2.25. The van der Waals surface area contributed by atoms with Gasteiger partial charge in [-0.1, -0.05) is 0 Å². The van der Waals surface area contributed by atoms with Gasteiger partial charge in [0.25, 0.3) is 0 Å². The molecule has 17 heavy (non-hydrogen) atoms. The molecule has 1 rings (SSSR count). The van der Waals surface area contributed by atoms with Gasteiger partial charge >= 0.3 is 5.97 Å². The Morgan fingerprint density at radius 3 is 2.71 bits per heavy atom. The van der Waals surface area contributed by atoms with Crippen LogP contribution in [0.15, 0.2) is 4.47 Å². The molecule has 0 aliphatic carbocycles. The van der Waals surface area contributed by atoms with Crippen molar-refractivity contribution in [3.8, 4) is 0 Å². The van der Waals surface area contributed by atoms with Crippen molar-refractivity contribution in [3.63, 3.8) is 0 Å². The number of carbonyl (C=O) groups is 2. The highest BCUT2D eigenvalue weighted by molar-refractivity contribution is 9.10. The lowest BCUT2D eigenvalue weighted by atomic mass is 10.4. The van der Waals surface area contributed by atoms with Crippen molar-refractivity contribution in [1.29, 1.82) is 0 Å². The van der Waals surface area contributed by atoms with Crippen LogP contribution >= 0.6 is 15.9 Å². The van der Waals surface area contributed by atoms with E-state index in [9.17, 15) is 9.59 Å². The van der Waals surface area contributed by atoms with Crippen molar-refractivity contribution >= 4 is 33.6 Å². The summed E-state index contributed by atoms with van der Waals surface area (Å²) in [5, 5.41) is 6.76. The monoisotopic (exact) mass is 303 g/mol. The molecule has 0 spiro atoms. The Bertz CT molecular complexity index is 442. The lowest BCUT2D eigenvalue weighted by Gasteiger charge is -2.07. The first kappa shape index (κ1) is 13.7. The molecule has 0 bridgehead atoms. The maximum absolute atomic E-state index is 11.4. The largest absolute Gasteiger partial charge is 0.465 e. The van der Waals surface area contributed by atoms with E-state index in [1.54, 1.807) is 13.8 Å². The van der Waals surface area contributed by atoms with Crippen LogP contribution in [0.3, 0.4) is 0 Å². The zero-order valence-electron chi connectivity index (χ0n) is 9.91. The molecule has 1 aromatic rings. The van der Waals surface area contributed by atoms with Gasteiger partial charge in [-0.3, -0.25) is 9.59 Å². The van der Waals surface area contributed by atoms with Crippen LogP contribution in [0.5, 0.6) is 0 Å². The molecule has 0 atom stereocenters. The van der Waals surface area contributed by atoms with Crippen LogP contribution in [0.1, 0.15) is 19.5 Å². The predicted octanol–water partition coefficient (Wildman–Crippen LogP) is 1.48. The molecule has 1 N–H and O–H groups in total. The molecule has 1 amide bonds. The number of hydrogen-bond donors (Lipinski definition) is 1. The number of esters is 1. The minimum absolute atomic E-state index is 0.0319. The van der Waals surface area contributed by atoms with Gasteiger partial charge < -0.3 is 10.1 Å². The maximum atomic E-state index is 11.4. The lowest BCUT2D eigenvalue weighted by molar-refractivity contribution is -0.144. The molecule has 0 fully saturated rings. The van der Waals surface area contributed by atoms with Gasteiger partial charge in [-0.2, -0.15) is 5.10 Å². The Morgan fingerprint density at radius 1 is 1.53 bits per heavy atom. The van der Waals surface area contributed by atoms with Crippen molar-refractivity contribution in [3.05, 3.63) is 10.2 Å². The summed E-state index contributed by atoms with van der Waals surface area (Å²) in [6, 6.07) is 0. The van der Waals surface area contributed by atoms with E-state index in [1.165, 1.54) is 11.6 Å². The summed E-state index contributed by atoms with van der Waals surface area (Å²) in [4.78, 5) is 22.4. The second-order valence-corrected chi connectivity index (χ2v) is 4.18. The third-order valence-electron chi connectivity index (χ3n) is 1.93. The van der Waals surface area contributed by atoms with E-state index in [-0.39, 0.29) is 12.5 Å². The lowest BCUT2D eigenvalue weighted by Crippen LogP contribution is -2.18. The third kappa shape index (κ3) is 3.55. The van der Waals surface area contributed by atoms with E-state index >= 15 is 0 Å². The van der Waals surface area contributed by atoms with Gasteiger partial charge in [0.2, 0.25) is 5.91 Å². The Morgan fingerprint density at radius 2 is 2.18 bits per heavy atom. The fourth-order valence-electron chi connectivity index (χ4n) is 1.29. The number of nitrogens with zero attached hydrogens (tertiary/aromatic N) is 2. The molecule has 6 nitrogen and oxygen atoms in total.